The first-order valence-corrected chi connectivity index (χ1v) is 9.59. The smallest absolute Gasteiger partial charge is 0.305 e. The Labute approximate surface area is 136 Å². The maximum atomic E-state index is 11.9. The van der Waals surface area contributed by atoms with Crippen LogP contribution >= 0.6 is 23.1 Å². The molecule has 5 atom stereocenters. The first kappa shape index (κ1) is 13.3. The second-order valence-electron chi connectivity index (χ2n) is 6.77. The summed E-state index contributed by atoms with van der Waals surface area (Å²) in [6.07, 6.45) is 4.05. The first-order chi connectivity index (χ1) is 10.7. The SMILES string of the molecule is O=c1[nH]c2c(s1)[C@@H](c1ccc(O)cc1)[C@@H]1[C@H]3CC[C@H](C3)[C@@H]1S2. The largest absolute Gasteiger partial charge is 0.508 e. The molecule has 2 aliphatic carbocycles. The van der Waals surface area contributed by atoms with Gasteiger partial charge >= 0.3 is 4.87 Å². The minimum Gasteiger partial charge on any atom is -0.508 e. The molecule has 0 unspecified atom stereocenters. The molecule has 5 rings (SSSR count). The fourth-order valence-electron chi connectivity index (χ4n) is 4.90. The quantitative estimate of drug-likeness (QED) is 0.836. The molecular formula is C17H17NO2S2. The molecule has 0 spiro atoms. The van der Waals surface area contributed by atoms with Crippen LogP contribution in [0.25, 0.3) is 0 Å². The van der Waals surface area contributed by atoms with Crippen LogP contribution in [0, 0.1) is 17.8 Å². The molecule has 0 amide bonds. The average Bonchev–Trinajstić information content (AvgIpc) is 3.19. The fraction of sp³-hybridized carbons (Fsp3) is 0.471. The van der Waals surface area contributed by atoms with Crippen LogP contribution in [0.4, 0.5) is 0 Å². The lowest BCUT2D eigenvalue weighted by atomic mass is 9.75. The predicted octanol–water partition coefficient (Wildman–Crippen LogP) is 3.79. The number of rotatable bonds is 1. The van der Waals surface area contributed by atoms with Crippen LogP contribution in [0.5, 0.6) is 5.75 Å². The van der Waals surface area contributed by atoms with Gasteiger partial charge in [-0.15, -0.1) is 11.8 Å². The summed E-state index contributed by atoms with van der Waals surface area (Å²) in [6.45, 7) is 0. The number of aromatic amines is 1. The van der Waals surface area contributed by atoms with Gasteiger partial charge in [0.25, 0.3) is 0 Å². The van der Waals surface area contributed by atoms with Crippen LogP contribution in [0.2, 0.25) is 0 Å². The molecule has 114 valence electrons. The molecule has 3 nitrogen and oxygen atoms in total. The minimum atomic E-state index is 0.0635. The van der Waals surface area contributed by atoms with Crippen molar-refractivity contribution in [1.82, 2.24) is 4.98 Å². The van der Waals surface area contributed by atoms with Crippen molar-refractivity contribution < 1.29 is 5.11 Å². The van der Waals surface area contributed by atoms with E-state index in [1.165, 1.54) is 41.0 Å². The van der Waals surface area contributed by atoms with E-state index < -0.39 is 0 Å². The third-order valence-electron chi connectivity index (χ3n) is 5.72. The molecule has 2 heterocycles. The van der Waals surface area contributed by atoms with Gasteiger partial charge in [-0.3, -0.25) is 4.79 Å². The van der Waals surface area contributed by atoms with Crippen molar-refractivity contribution in [3.63, 3.8) is 0 Å². The van der Waals surface area contributed by atoms with Crippen molar-refractivity contribution in [3.05, 3.63) is 44.4 Å². The lowest BCUT2D eigenvalue weighted by Crippen LogP contribution is -2.33. The van der Waals surface area contributed by atoms with Crippen LogP contribution in [-0.2, 0) is 0 Å². The highest BCUT2D eigenvalue weighted by molar-refractivity contribution is 8.00. The van der Waals surface area contributed by atoms with Gasteiger partial charge in [0, 0.05) is 16.0 Å². The van der Waals surface area contributed by atoms with Gasteiger partial charge in [0.1, 0.15) is 5.75 Å². The Balaban J connectivity index is 1.68. The van der Waals surface area contributed by atoms with E-state index in [0.717, 1.165) is 16.9 Å². The summed E-state index contributed by atoms with van der Waals surface area (Å²) in [5, 5.41) is 11.3. The molecule has 2 aromatic rings. The van der Waals surface area contributed by atoms with E-state index in [0.29, 0.717) is 22.8 Å². The van der Waals surface area contributed by atoms with E-state index in [1.807, 2.05) is 23.9 Å². The molecule has 1 aromatic heterocycles. The third kappa shape index (κ3) is 1.78. The topological polar surface area (TPSA) is 53.1 Å². The van der Waals surface area contributed by atoms with Crippen LogP contribution in [0.15, 0.2) is 34.1 Å². The summed E-state index contributed by atoms with van der Waals surface area (Å²) in [5.41, 5.74) is 1.25. The van der Waals surface area contributed by atoms with Crippen LogP contribution in [-0.4, -0.2) is 15.3 Å². The van der Waals surface area contributed by atoms with Crippen LogP contribution < -0.4 is 4.87 Å². The van der Waals surface area contributed by atoms with Gasteiger partial charge in [0.15, 0.2) is 0 Å². The summed E-state index contributed by atoms with van der Waals surface area (Å²) in [7, 11) is 0. The van der Waals surface area contributed by atoms with Gasteiger partial charge in [0.2, 0.25) is 0 Å². The van der Waals surface area contributed by atoms with Gasteiger partial charge in [-0.2, -0.15) is 0 Å². The second-order valence-corrected chi connectivity index (χ2v) is 8.97. The summed E-state index contributed by atoms with van der Waals surface area (Å²) in [4.78, 5) is 16.2. The normalized spacial score (nSPS) is 35.4. The first-order valence-electron chi connectivity index (χ1n) is 7.89. The Morgan fingerprint density at radius 3 is 2.73 bits per heavy atom. The van der Waals surface area contributed by atoms with Gasteiger partial charge < -0.3 is 10.1 Å². The Morgan fingerprint density at radius 2 is 1.91 bits per heavy atom. The van der Waals surface area contributed by atoms with Crippen LogP contribution in [0.1, 0.15) is 35.6 Å². The summed E-state index contributed by atoms with van der Waals surface area (Å²) >= 11 is 3.30. The standard InChI is InChI=1S/C17H17NO2S2/c19-11-5-3-8(4-6-11)12-13-9-1-2-10(7-9)14(13)21-16-15(12)22-17(20)18-16/h3-6,9-10,12-14,19H,1-2,7H2,(H,18,20)/t9-,10+,12-,13-,14-/m0/s1. The van der Waals surface area contributed by atoms with Gasteiger partial charge in [-0.25, -0.2) is 0 Å². The maximum Gasteiger partial charge on any atom is 0.305 e. The number of phenolic OH excluding ortho intramolecular Hbond substituents is 1. The highest BCUT2D eigenvalue weighted by atomic mass is 32.2. The minimum absolute atomic E-state index is 0.0635. The zero-order chi connectivity index (χ0) is 14.8. The average molecular weight is 331 g/mol. The molecule has 3 aliphatic rings. The van der Waals surface area contributed by atoms with Crippen molar-refractivity contribution >= 4 is 23.1 Å². The second kappa shape index (κ2) is 4.65. The van der Waals surface area contributed by atoms with E-state index >= 15 is 0 Å². The zero-order valence-corrected chi connectivity index (χ0v) is 13.6. The lowest BCUT2D eigenvalue weighted by Gasteiger charge is -2.40. The van der Waals surface area contributed by atoms with E-state index in [4.69, 9.17) is 0 Å². The highest BCUT2D eigenvalue weighted by Gasteiger charge is 2.54. The van der Waals surface area contributed by atoms with Crippen molar-refractivity contribution in [2.75, 3.05) is 0 Å². The number of aromatic nitrogens is 1. The number of hydrogen-bond acceptors (Lipinski definition) is 4. The number of H-pyrrole nitrogens is 1. The van der Waals surface area contributed by atoms with E-state index in [2.05, 4.69) is 4.98 Å². The highest BCUT2D eigenvalue weighted by Crippen LogP contribution is 2.63. The molecule has 22 heavy (non-hydrogen) atoms. The molecule has 1 aliphatic heterocycles. The molecular weight excluding hydrogens is 314 g/mol. The number of aromatic hydroxyl groups is 1. The summed E-state index contributed by atoms with van der Waals surface area (Å²) < 4.78 is 0. The number of hydrogen-bond donors (Lipinski definition) is 2. The van der Waals surface area contributed by atoms with Gasteiger partial charge in [0.05, 0.1) is 5.03 Å². The Hall–Kier alpha value is -1.20. The molecule has 1 aromatic carbocycles. The van der Waals surface area contributed by atoms with E-state index in [-0.39, 0.29) is 4.87 Å². The molecule has 2 bridgehead atoms. The number of benzene rings is 1. The monoisotopic (exact) mass is 331 g/mol. The Morgan fingerprint density at radius 1 is 1.14 bits per heavy atom. The Bertz CT molecular complexity index is 779. The number of fused-ring (bicyclic) bond motifs is 6. The van der Waals surface area contributed by atoms with Crippen molar-refractivity contribution in [3.8, 4) is 5.75 Å². The van der Waals surface area contributed by atoms with Gasteiger partial charge in [-0.05, 0) is 54.7 Å². The van der Waals surface area contributed by atoms with E-state index in [1.54, 1.807) is 12.1 Å². The number of thioether (sulfide) groups is 1. The van der Waals surface area contributed by atoms with Crippen molar-refractivity contribution in [2.24, 2.45) is 17.8 Å². The van der Waals surface area contributed by atoms with Crippen molar-refractivity contribution in [2.45, 2.75) is 35.5 Å². The molecule has 0 saturated heterocycles. The molecule has 2 fully saturated rings. The number of phenols is 1. The van der Waals surface area contributed by atoms with Crippen molar-refractivity contribution in [1.29, 1.82) is 0 Å². The number of thiazole rings is 1. The lowest BCUT2D eigenvalue weighted by molar-refractivity contribution is 0.307. The number of nitrogens with one attached hydrogen (secondary N) is 1. The van der Waals surface area contributed by atoms with Crippen LogP contribution in [0.3, 0.4) is 0 Å². The molecule has 0 radical (unpaired) electrons. The van der Waals surface area contributed by atoms with E-state index in [9.17, 15) is 9.90 Å². The Kier molecular flexibility index (Phi) is 2.80. The third-order valence-corrected chi connectivity index (χ3v) is 8.34. The maximum absolute atomic E-state index is 11.9. The fourth-order valence-corrected chi connectivity index (χ4v) is 7.80. The zero-order valence-electron chi connectivity index (χ0n) is 12.0. The summed E-state index contributed by atoms with van der Waals surface area (Å²) in [5.74, 6) is 2.89. The molecule has 5 heteroatoms. The molecule has 2 N–H and O–H groups in total. The van der Waals surface area contributed by atoms with Gasteiger partial charge in [-0.1, -0.05) is 23.5 Å². The predicted molar refractivity (Wildman–Crippen MR) is 88.9 cm³/mol. The summed E-state index contributed by atoms with van der Waals surface area (Å²) in [6, 6.07) is 7.61. The molecule has 2 saturated carbocycles.